The molecule has 0 bridgehead atoms. The third-order valence-corrected chi connectivity index (χ3v) is 3.38. The lowest BCUT2D eigenvalue weighted by molar-refractivity contribution is 0.118. The molecular formula is C13H16O2S. The van der Waals surface area contributed by atoms with Gasteiger partial charge in [-0.1, -0.05) is 12.1 Å². The van der Waals surface area contributed by atoms with E-state index in [1.165, 1.54) is 15.6 Å². The first-order valence-corrected chi connectivity index (χ1v) is 6.43. The Morgan fingerprint density at radius 1 is 1.19 bits per heavy atom. The molecular weight excluding hydrogens is 220 g/mol. The SMILES string of the molecule is OCCCOCCc1ccc2ccsc2c1. The normalized spacial score (nSPS) is 11.1. The highest BCUT2D eigenvalue weighted by Crippen LogP contribution is 2.21. The molecule has 1 N–H and O–H groups in total. The molecule has 0 radical (unpaired) electrons. The molecule has 1 heterocycles. The van der Waals surface area contributed by atoms with Crippen LogP contribution >= 0.6 is 11.3 Å². The Morgan fingerprint density at radius 2 is 2.12 bits per heavy atom. The molecule has 0 aliphatic carbocycles. The number of ether oxygens (including phenoxy) is 1. The number of rotatable bonds is 6. The van der Waals surface area contributed by atoms with Gasteiger partial charge in [-0.15, -0.1) is 11.3 Å². The summed E-state index contributed by atoms with van der Waals surface area (Å²) in [5.74, 6) is 0. The van der Waals surface area contributed by atoms with E-state index in [0.29, 0.717) is 6.61 Å². The Kier molecular flexibility index (Phi) is 4.34. The van der Waals surface area contributed by atoms with Gasteiger partial charge in [-0.05, 0) is 41.3 Å². The van der Waals surface area contributed by atoms with Crippen molar-refractivity contribution < 1.29 is 9.84 Å². The fraction of sp³-hybridized carbons (Fsp3) is 0.385. The number of fused-ring (bicyclic) bond motifs is 1. The maximum absolute atomic E-state index is 8.60. The molecule has 0 saturated heterocycles. The Morgan fingerprint density at radius 3 is 3.00 bits per heavy atom. The van der Waals surface area contributed by atoms with E-state index in [1.54, 1.807) is 11.3 Å². The number of hydrogen-bond donors (Lipinski definition) is 1. The Labute approximate surface area is 99.5 Å². The van der Waals surface area contributed by atoms with Crippen LogP contribution < -0.4 is 0 Å². The minimum Gasteiger partial charge on any atom is -0.396 e. The van der Waals surface area contributed by atoms with Gasteiger partial charge < -0.3 is 9.84 Å². The van der Waals surface area contributed by atoms with Gasteiger partial charge in [-0.25, -0.2) is 0 Å². The molecule has 2 rings (SSSR count). The standard InChI is InChI=1S/C13H16O2S/c14-6-1-7-15-8-4-11-2-3-12-5-9-16-13(12)10-11/h2-3,5,9-10,14H,1,4,6-8H2. The van der Waals surface area contributed by atoms with Gasteiger partial charge in [0, 0.05) is 17.9 Å². The summed E-state index contributed by atoms with van der Waals surface area (Å²) in [6.07, 6.45) is 1.67. The van der Waals surface area contributed by atoms with Crippen LogP contribution in [0.25, 0.3) is 10.1 Å². The molecule has 0 aliphatic rings. The van der Waals surface area contributed by atoms with Crippen molar-refractivity contribution in [1.82, 2.24) is 0 Å². The third kappa shape index (κ3) is 3.04. The number of aliphatic hydroxyl groups excluding tert-OH is 1. The monoisotopic (exact) mass is 236 g/mol. The molecule has 0 unspecified atom stereocenters. The van der Waals surface area contributed by atoms with Gasteiger partial charge in [-0.3, -0.25) is 0 Å². The first-order valence-electron chi connectivity index (χ1n) is 5.55. The van der Waals surface area contributed by atoms with E-state index in [0.717, 1.165) is 19.4 Å². The van der Waals surface area contributed by atoms with Crippen LogP contribution in [0.15, 0.2) is 29.6 Å². The summed E-state index contributed by atoms with van der Waals surface area (Å²) >= 11 is 1.77. The molecule has 0 spiro atoms. The largest absolute Gasteiger partial charge is 0.396 e. The molecule has 0 saturated carbocycles. The quantitative estimate of drug-likeness (QED) is 0.781. The van der Waals surface area contributed by atoms with Crippen molar-refractivity contribution in [3.05, 3.63) is 35.2 Å². The molecule has 0 atom stereocenters. The van der Waals surface area contributed by atoms with Crippen molar-refractivity contribution in [2.45, 2.75) is 12.8 Å². The summed E-state index contributed by atoms with van der Waals surface area (Å²) in [6.45, 7) is 1.59. The molecule has 86 valence electrons. The van der Waals surface area contributed by atoms with E-state index in [9.17, 15) is 0 Å². The van der Waals surface area contributed by atoms with E-state index >= 15 is 0 Å². The van der Waals surface area contributed by atoms with Crippen molar-refractivity contribution >= 4 is 21.4 Å². The summed E-state index contributed by atoms with van der Waals surface area (Å²) in [7, 11) is 0. The molecule has 16 heavy (non-hydrogen) atoms. The summed E-state index contributed by atoms with van der Waals surface area (Å²) in [4.78, 5) is 0. The van der Waals surface area contributed by atoms with Crippen molar-refractivity contribution in [3.8, 4) is 0 Å². The zero-order valence-corrected chi connectivity index (χ0v) is 10.0. The zero-order chi connectivity index (χ0) is 11.2. The molecule has 2 nitrogen and oxygen atoms in total. The fourth-order valence-corrected chi connectivity index (χ4v) is 2.47. The molecule has 1 aromatic heterocycles. The van der Waals surface area contributed by atoms with E-state index in [-0.39, 0.29) is 6.61 Å². The molecule has 2 aromatic rings. The highest BCUT2D eigenvalue weighted by atomic mass is 32.1. The maximum Gasteiger partial charge on any atom is 0.0506 e. The van der Waals surface area contributed by atoms with Gasteiger partial charge in [0.2, 0.25) is 0 Å². The highest BCUT2D eigenvalue weighted by Gasteiger charge is 1.98. The third-order valence-electron chi connectivity index (χ3n) is 2.50. The van der Waals surface area contributed by atoms with Gasteiger partial charge in [0.1, 0.15) is 0 Å². The van der Waals surface area contributed by atoms with Crippen LogP contribution in [0.5, 0.6) is 0 Å². The van der Waals surface area contributed by atoms with Crippen molar-refractivity contribution in [2.24, 2.45) is 0 Å². The van der Waals surface area contributed by atoms with Crippen LogP contribution in [0.4, 0.5) is 0 Å². The first-order chi connectivity index (χ1) is 7.90. The smallest absolute Gasteiger partial charge is 0.0506 e. The molecule has 0 amide bonds. The van der Waals surface area contributed by atoms with Crippen molar-refractivity contribution in [3.63, 3.8) is 0 Å². The predicted octanol–water partition coefficient (Wildman–Crippen LogP) is 2.84. The second kappa shape index (κ2) is 5.99. The predicted molar refractivity (Wildman–Crippen MR) is 68.1 cm³/mol. The van der Waals surface area contributed by atoms with Gasteiger partial charge >= 0.3 is 0 Å². The van der Waals surface area contributed by atoms with Gasteiger partial charge in [0.25, 0.3) is 0 Å². The summed E-state index contributed by atoms with van der Waals surface area (Å²) in [5, 5.41) is 12.0. The lowest BCUT2D eigenvalue weighted by Gasteiger charge is -2.03. The van der Waals surface area contributed by atoms with Crippen LogP contribution in [0.2, 0.25) is 0 Å². The Balaban J connectivity index is 1.84. The summed E-state index contributed by atoms with van der Waals surface area (Å²) in [6, 6.07) is 8.69. The van der Waals surface area contributed by atoms with Gasteiger partial charge in [0.15, 0.2) is 0 Å². The second-order valence-corrected chi connectivity index (χ2v) is 4.68. The van der Waals surface area contributed by atoms with E-state index < -0.39 is 0 Å². The lowest BCUT2D eigenvalue weighted by atomic mass is 10.1. The molecule has 0 aliphatic heterocycles. The number of benzene rings is 1. The van der Waals surface area contributed by atoms with E-state index in [4.69, 9.17) is 9.84 Å². The Hall–Kier alpha value is -0.900. The summed E-state index contributed by atoms with van der Waals surface area (Å²) in [5.41, 5.74) is 1.32. The van der Waals surface area contributed by atoms with Gasteiger partial charge in [-0.2, -0.15) is 0 Å². The average Bonchev–Trinajstić information content (AvgIpc) is 2.76. The molecule has 0 fully saturated rings. The second-order valence-electron chi connectivity index (χ2n) is 3.73. The van der Waals surface area contributed by atoms with Crippen LogP contribution in [0, 0.1) is 0 Å². The van der Waals surface area contributed by atoms with Crippen LogP contribution in [0.1, 0.15) is 12.0 Å². The van der Waals surface area contributed by atoms with E-state index in [1.807, 2.05) is 0 Å². The van der Waals surface area contributed by atoms with Crippen LogP contribution in [0.3, 0.4) is 0 Å². The van der Waals surface area contributed by atoms with Crippen molar-refractivity contribution in [2.75, 3.05) is 19.8 Å². The number of hydrogen-bond acceptors (Lipinski definition) is 3. The topological polar surface area (TPSA) is 29.5 Å². The lowest BCUT2D eigenvalue weighted by Crippen LogP contribution is -2.01. The molecule has 1 aromatic carbocycles. The van der Waals surface area contributed by atoms with Gasteiger partial charge in [0.05, 0.1) is 6.61 Å². The number of thiophene rings is 1. The van der Waals surface area contributed by atoms with Crippen LogP contribution in [-0.4, -0.2) is 24.9 Å². The average molecular weight is 236 g/mol. The Bertz CT molecular complexity index is 436. The zero-order valence-electron chi connectivity index (χ0n) is 9.19. The minimum atomic E-state index is 0.209. The highest BCUT2D eigenvalue weighted by molar-refractivity contribution is 7.17. The van der Waals surface area contributed by atoms with Crippen LogP contribution in [-0.2, 0) is 11.2 Å². The van der Waals surface area contributed by atoms with Crippen molar-refractivity contribution in [1.29, 1.82) is 0 Å². The van der Waals surface area contributed by atoms with E-state index in [2.05, 4.69) is 29.6 Å². The minimum absolute atomic E-state index is 0.209. The molecule has 3 heteroatoms. The fourth-order valence-electron chi connectivity index (χ4n) is 1.61. The number of aliphatic hydroxyl groups is 1. The maximum atomic E-state index is 8.60. The first kappa shape index (κ1) is 11.6. The summed E-state index contributed by atoms with van der Waals surface area (Å²) < 4.78 is 6.76.